The Morgan fingerprint density at radius 3 is 2.88 bits per heavy atom. The van der Waals surface area contributed by atoms with E-state index in [4.69, 9.17) is 0 Å². The number of sulfone groups is 1. The van der Waals surface area contributed by atoms with Gasteiger partial charge in [0.25, 0.3) is 0 Å². The third kappa shape index (κ3) is 4.06. The maximum atomic E-state index is 11.8. The summed E-state index contributed by atoms with van der Waals surface area (Å²) in [6.07, 6.45) is 1.66. The molecular formula is C11H17NO3S2. The molecule has 0 saturated heterocycles. The van der Waals surface area contributed by atoms with E-state index >= 15 is 0 Å². The van der Waals surface area contributed by atoms with Crippen molar-refractivity contribution in [3.63, 3.8) is 0 Å². The third-order valence-electron chi connectivity index (χ3n) is 2.72. The molecule has 2 N–H and O–H groups in total. The fourth-order valence-electron chi connectivity index (χ4n) is 1.61. The van der Waals surface area contributed by atoms with Gasteiger partial charge in [-0.2, -0.15) is 0 Å². The van der Waals surface area contributed by atoms with Gasteiger partial charge in [0.2, 0.25) is 0 Å². The van der Waals surface area contributed by atoms with Crippen molar-refractivity contribution >= 4 is 21.2 Å². The van der Waals surface area contributed by atoms with Crippen LogP contribution < -0.4 is 5.32 Å². The molecule has 96 valence electrons. The molecule has 1 fully saturated rings. The molecular weight excluding hydrogens is 258 g/mol. The number of nitrogens with one attached hydrogen (secondary N) is 1. The molecule has 17 heavy (non-hydrogen) atoms. The number of hydrogen-bond donors (Lipinski definition) is 2. The largest absolute Gasteiger partial charge is 0.391 e. The van der Waals surface area contributed by atoms with Gasteiger partial charge in [-0.3, -0.25) is 0 Å². The van der Waals surface area contributed by atoms with Gasteiger partial charge in [-0.1, -0.05) is 6.07 Å². The highest BCUT2D eigenvalue weighted by Gasteiger charge is 2.23. The molecule has 1 aromatic rings. The van der Waals surface area contributed by atoms with E-state index < -0.39 is 15.9 Å². The number of aliphatic hydroxyl groups is 1. The molecule has 0 bridgehead atoms. The second-order valence-electron chi connectivity index (χ2n) is 4.47. The lowest BCUT2D eigenvalue weighted by atomic mass is 10.3. The van der Waals surface area contributed by atoms with Gasteiger partial charge < -0.3 is 10.4 Å². The van der Waals surface area contributed by atoms with Crippen molar-refractivity contribution in [2.45, 2.75) is 23.2 Å². The summed E-state index contributed by atoms with van der Waals surface area (Å²) in [5, 5.41) is 14.5. The van der Waals surface area contributed by atoms with Crippen molar-refractivity contribution in [1.82, 2.24) is 5.32 Å². The maximum Gasteiger partial charge on any atom is 0.190 e. The maximum absolute atomic E-state index is 11.8. The Morgan fingerprint density at radius 1 is 1.53 bits per heavy atom. The molecule has 4 nitrogen and oxygen atoms in total. The summed E-state index contributed by atoms with van der Waals surface area (Å²) in [7, 11) is -3.32. The van der Waals surface area contributed by atoms with Gasteiger partial charge in [-0.05, 0) is 36.8 Å². The predicted octanol–water partition coefficient (Wildman–Crippen LogP) is 0.882. The Morgan fingerprint density at radius 2 is 2.29 bits per heavy atom. The lowest BCUT2D eigenvalue weighted by Gasteiger charge is -2.11. The van der Waals surface area contributed by atoms with E-state index in [1.807, 2.05) is 0 Å². The van der Waals surface area contributed by atoms with Crippen LogP contribution in [0.4, 0.5) is 0 Å². The van der Waals surface area contributed by atoms with Gasteiger partial charge in [-0.25, -0.2) is 8.42 Å². The van der Waals surface area contributed by atoms with Gasteiger partial charge in [0, 0.05) is 6.54 Å². The second kappa shape index (κ2) is 5.48. The average molecular weight is 275 g/mol. The van der Waals surface area contributed by atoms with Gasteiger partial charge >= 0.3 is 0 Å². The lowest BCUT2D eigenvalue weighted by molar-refractivity contribution is 0.193. The number of thiophene rings is 1. The van der Waals surface area contributed by atoms with Crippen LogP contribution >= 0.6 is 11.3 Å². The van der Waals surface area contributed by atoms with Crippen LogP contribution in [0.15, 0.2) is 21.7 Å². The minimum absolute atomic E-state index is 0.203. The zero-order chi connectivity index (χ0) is 12.3. The molecule has 0 aliphatic heterocycles. The highest BCUT2D eigenvalue weighted by Crippen LogP contribution is 2.27. The Bertz CT molecular complexity index is 437. The highest BCUT2D eigenvalue weighted by molar-refractivity contribution is 7.93. The van der Waals surface area contributed by atoms with Crippen LogP contribution in [0, 0.1) is 5.92 Å². The Labute approximate surface area is 106 Å². The fourth-order valence-corrected chi connectivity index (χ4v) is 4.09. The summed E-state index contributed by atoms with van der Waals surface area (Å²) >= 11 is 1.19. The Balaban J connectivity index is 1.78. The van der Waals surface area contributed by atoms with E-state index in [0.717, 1.165) is 12.5 Å². The molecule has 0 amide bonds. The molecule has 6 heteroatoms. The highest BCUT2D eigenvalue weighted by atomic mass is 32.2. The smallest absolute Gasteiger partial charge is 0.190 e. The summed E-state index contributed by atoms with van der Waals surface area (Å²) in [6.45, 7) is 1.23. The van der Waals surface area contributed by atoms with Gasteiger partial charge in [0.15, 0.2) is 9.84 Å². The van der Waals surface area contributed by atoms with Crippen LogP contribution in [-0.4, -0.2) is 38.5 Å². The van der Waals surface area contributed by atoms with E-state index in [2.05, 4.69) is 5.32 Å². The third-order valence-corrected chi connectivity index (χ3v) is 6.01. The number of rotatable bonds is 7. The summed E-state index contributed by atoms with van der Waals surface area (Å²) in [6, 6.07) is 3.28. The first-order valence-corrected chi connectivity index (χ1v) is 8.26. The van der Waals surface area contributed by atoms with Crippen molar-refractivity contribution in [2.24, 2.45) is 5.92 Å². The summed E-state index contributed by atoms with van der Waals surface area (Å²) in [4.78, 5) is 0. The fraction of sp³-hybridized carbons (Fsp3) is 0.636. The first-order chi connectivity index (χ1) is 8.08. The molecule has 1 heterocycles. The molecule has 1 saturated carbocycles. The molecule has 1 aliphatic carbocycles. The molecule has 1 aliphatic rings. The van der Waals surface area contributed by atoms with Crippen molar-refractivity contribution < 1.29 is 13.5 Å². The van der Waals surface area contributed by atoms with Crippen molar-refractivity contribution in [2.75, 3.05) is 18.8 Å². The average Bonchev–Trinajstić information content (AvgIpc) is 2.90. The van der Waals surface area contributed by atoms with Crippen molar-refractivity contribution in [3.8, 4) is 0 Å². The Hall–Kier alpha value is -0.430. The summed E-state index contributed by atoms with van der Waals surface area (Å²) < 4.78 is 24.0. The quantitative estimate of drug-likeness (QED) is 0.775. The predicted molar refractivity (Wildman–Crippen MR) is 68.0 cm³/mol. The van der Waals surface area contributed by atoms with E-state index in [1.54, 1.807) is 17.5 Å². The normalized spacial score (nSPS) is 18.2. The van der Waals surface area contributed by atoms with Crippen LogP contribution in [0.5, 0.6) is 0 Å². The molecule has 0 spiro atoms. The molecule has 1 aromatic heterocycles. The first-order valence-electron chi connectivity index (χ1n) is 5.73. The minimum atomic E-state index is -3.32. The zero-order valence-corrected chi connectivity index (χ0v) is 11.1. The monoisotopic (exact) mass is 275 g/mol. The van der Waals surface area contributed by atoms with E-state index in [9.17, 15) is 13.5 Å². The van der Waals surface area contributed by atoms with E-state index in [1.165, 1.54) is 24.2 Å². The summed E-state index contributed by atoms with van der Waals surface area (Å²) in [5.74, 6) is 0.529. The van der Waals surface area contributed by atoms with Crippen LogP contribution in [-0.2, 0) is 9.84 Å². The Kier molecular flexibility index (Phi) is 4.19. The van der Waals surface area contributed by atoms with Crippen LogP contribution in [0.1, 0.15) is 12.8 Å². The van der Waals surface area contributed by atoms with Crippen LogP contribution in [0.2, 0.25) is 0 Å². The molecule has 1 unspecified atom stereocenters. The van der Waals surface area contributed by atoms with Gasteiger partial charge in [-0.15, -0.1) is 11.3 Å². The zero-order valence-electron chi connectivity index (χ0n) is 9.50. The molecule has 2 rings (SSSR count). The van der Waals surface area contributed by atoms with E-state index in [0.29, 0.717) is 10.8 Å². The van der Waals surface area contributed by atoms with Crippen LogP contribution in [0.3, 0.4) is 0 Å². The number of aliphatic hydroxyl groups excluding tert-OH is 1. The summed E-state index contributed by atoms with van der Waals surface area (Å²) in [5.41, 5.74) is 0. The molecule has 1 atom stereocenters. The number of hydrogen-bond acceptors (Lipinski definition) is 5. The SMILES string of the molecule is O=S(=O)(CC(O)CNCC1CC1)c1cccs1. The lowest BCUT2D eigenvalue weighted by Crippen LogP contribution is -2.33. The molecule has 0 aromatic carbocycles. The van der Waals surface area contributed by atoms with Gasteiger partial charge in [0.1, 0.15) is 4.21 Å². The topological polar surface area (TPSA) is 66.4 Å². The first kappa shape index (κ1) is 13.0. The van der Waals surface area contributed by atoms with E-state index in [-0.39, 0.29) is 5.75 Å². The van der Waals surface area contributed by atoms with Crippen molar-refractivity contribution in [1.29, 1.82) is 0 Å². The minimum Gasteiger partial charge on any atom is -0.391 e. The van der Waals surface area contributed by atoms with Crippen LogP contribution in [0.25, 0.3) is 0 Å². The molecule has 0 radical (unpaired) electrons. The van der Waals surface area contributed by atoms with Gasteiger partial charge in [0.05, 0.1) is 11.9 Å². The van der Waals surface area contributed by atoms with Crippen molar-refractivity contribution in [3.05, 3.63) is 17.5 Å². The second-order valence-corrected chi connectivity index (χ2v) is 7.68. The standard InChI is InChI=1S/C11H17NO3S2/c13-10(7-12-6-9-3-4-9)8-17(14,15)11-2-1-5-16-11/h1-2,5,9-10,12-13H,3-4,6-8H2.